The molecule has 6 heteroatoms. The summed E-state index contributed by atoms with van der Waals surface area (Å²) in [6, 6.07) is 22.4. The first-order chi connectivity index (χ1) is 16.7. The minimum atomic E-state index is -0.524. The number of nitrogens with two attached hydrogens (primary N) is 1. The maximum Gasteiger partial charge on any atom is 0.336 e. The van der Waals surface area contributed by atoms with Crippen LogP contribution in [0.15, 0.2) is 84.3 Å². The van der Waals surface area contributed by atoms with Crippen LogP contribution < -0.4 is 15.2 Å². The summed E-state index contributed by atoms with van der Waals surface area (Å²) < 4.78 is 11.2. The van der Waals surface area contributed by atoms with Crippen molar-refractivity contribution in [2.24, 2.45) is 5.73 Å². The second-order valence-corrected chi connectivity index (χ2v) is 9.68. The highest BCUT2D eigenvalue weighted by atomic mass is 35.5. The lowest BCUT2D eigenvalue weighted by Crippen LogP contribution is -2.21. The number of carbonyl (C=O) groups is 1. The Morgan fingerprint density at radius 3 is 2.46 bits per heavy atom. The van der Waals surface area contributed by atoms with Gasteiger partial charge in [0.1, 0.15) is 23.1 Å². The van der Waals surface area contributed by atoms with Gasteiger partial charge < -0.3 is 15.2 Å². The van der Waals surface area contributed by atoms with E-state index in [4.69, 9.17) is 26.8 Å². The normalized spacial score (nSPS) is 15.3. The van der Waals surface area contributed by atoms with Crippen LogP contribution in [0.3, 0.4) is 0 Å². The quantitative estimate of drug-likeness (QED) is 0.260. The van der Waals surface area contributed by atoms with Crippen molar-refractivity contribution in [1.82, 2.24) is 0 Å². The number of carbonyl (C=O) groups excluding carboxylic acids is 1. The van der Waals surface area contributed by atoms with Crippen LogP contribution in [-0.2, 0) is 10.2 Å². The van der Waals surface area contributed by atoms with E-state index in [1.54, 1.807) is 30.3 Å². The molecule has 1 aliphatic rings. The van der Waals surface area contributed by atoms with Crippen LogP contribution in [0.25, 0.3) is 6.08 Å². The molecule has 1 unspecified atom stereocenters. The van der Waals surface area contributed by atoms with E-state index in [0.717, 1.165) is 11.1 Å². The molecule has 0 bridgehead atoms. The highest BCUT2D eigenvalue weighted by molar-refractivity contribution is 6.31. The monoisotopic (exact) mass is 484 g/mol. The third-order valence-corrected chi connectivity index (χ3v) is 6.16. The van der Waals surface area contributed by atoms with E-state index in [9.17, 15) is 10.1 Å². The van der Waals surface area contributed by atoms with Gasteiger partial charge in [0, 0.05) is 22.7 Å². The van der Waals surface area contributed by atoms with Crippen LogP contribution in [0.1, 0.15) is 48.9 Å². The van der Waals surface area contributed by atoms with Gasteiger partial charge in [0.05, 0.1) is 5.92 Å². The highest BCUT2D eigenvalue weighted by Gasteiger charge is 2.32. The molecule has 0 radical (unpaired) electrons. The topological polar surface area (TPSA) is 85.3 Å². The Labute approximate surface area is 210 Å². The van der Waals surface area contributed by atoms with Crippen LogP contribution in [0, 0.1) is 11.3 Å². The number of nitriles is 1. The van der Waals surface area contributed by atoms with E-state index >= 15 is 0 Å². The second kappa shape index (κ2) is 9.69. The molecule has 1 atom stereocenters. The molecule has 5 nitrogen and oxygen atoms in total. The van der Waals surface area contributed by atoms with Gasteiger partial charge in [-0.3, -0.25) is 0 Å². The highest BCUT2D eigenvalue weighted by Crippen LogP contribution is 2.45. The standard InChI is InChI=1S/C29H25ClN2O3/c1-29(2,3)19-11-8-18(9-12-19)10-15-26(33)34-20-13-14-22-25(16-20)35-28(32)23(17-31)27(22)21-6-4-5-7-24(21)30/h4-16,27H,32H2,1-3H3/b15-10+. The number of halogens is 1. The lowest BCUT2D eigenvalue weighted by molar-refractivity contribution is -0.128. The van der Waals surface area contributed by atoms with Gasteiger partial charge in [0.15, 0.2) is 0 Å². The van der Waals surface area contributed by atoms with Crippen LogP contribution in [-0.4, -0.2) is 5.97 Å². The summed E-state index contributed by atoms with van der Waals surface area (Å²) in [6.07, 6.45) is 3.08. The molecule has 1 heterocycles. The molecule has 0 saturated heterocycles. The number of allylic oxidation sites excluding steroid dienone is 1. The summed E-state index contributed by atoms with van der Waals surface area (Å²) in [5, 5.41) is 10.2. The molecule has 35 heavy (non-hydrogen) atoms. The van der Waals surface area contributed by atoms with Gasteiger partial charge in [0.2, 0.25) is 5.88 Å². The van der Waals surface area contributed by atoms with Crippen LogP contribution in [0.2, 0.25) is 5.02 Å². The van der Waals surface area contributed by atoms with Crippen molar-refractivity contribution in [1.29, 1.82) is 5.26 Å². The van der Waals surface area contributed by atoms with Crippen molar-refractivity contribution in [2.75, 3.05) is 0 Å². The van der Waals surface area contributed by atoms with Gasteiger partial charge in [-0.15, -0.1) is 0 Å². The van der Waals surface area contributed by atoms with Crippen LogP contribution >= 0.6 is 11.6 Å². The Bertz CT molecular complexity index is 1380. The van der Waals surface area contributed by atoms with E-state index in [1.807, 2.05) is 30.3 Å². The summed E-state index contributed by atoms with van der Waals surface area (Å²) in [5.74, 6) is -0.319. The summed E-state index contributed by atoms with van der Waals surface area (Å²) >= 11 is 6.42. The van der Waals surface area contributed by atoms with Crippen molar-refractivity contribution in [3.63, 3.8) is 0 Å². The summed E-state index contributed by atoms with van der Waals surface area (Å²) in [4.78, 5) is 12.4. The predicted octanol–water partition coefficient (Wildman–Crippen LogP) is 6.47. The molecular formula is C29H25ClN2O3. The van der Waals surface area contributed by atoms with E-state index in [0.29, 0.717) is 22.1 Å². The zero-order valence-electron chi connectivity index (χ0n) is 19.7. The molecule has 0 amide bonds. The van der Waals surface area contributed by atoms with E-state index in [1.165, 1.54) is 11.6 Å². The number of esters is 1. The Hall–Kier alpha value is -4.01. The number of nitrogens with zero attached hydrogens (tertiary/aromatic N) is 1. The number of ether oxygens (including phenoxy) is 2. The molecule has 3 aromatic rings. The van der Waals surface area contributed by atoms with Gasteiger partial charge in [-0.05, 0) is 40.3 Å². The SMILES string of the molecule is CC(C)(C)c1ccc(/C=C/C(=O)Oc2ccc3c(c2)OC(N)=C(C#N)C3c2ccccc2Cl)cc1. The van der Waals surface area contributed by atoms with Gasteiger partial charge in [-0.25, -0.2) is 4.79 Å². The number of benzene rings is 3. The number of rotatable bonds is 4. The number of fused-ring (bicyclic) bond motifs is 1. The minimum absolute atomic E-state index is 0.00741. The number of hydrogen-bond acceptors (Lipinski definition) is 5. The van der Waals surface area contributed by atoms with Crippen molar-refractivity contribution < 1.29 is 14.3 Å². The lowest BCUT2D eigenvalue weighted by Gasteiger charge is -2.27. The van der Waals surface area contributed by atoms with E-state index in [-0.39, 0.29) is 16.9 Å². The van der Waals surface area contributed by atoms with Crippen molar-refractivity contribution in [3.8, 4) is 17.6 Å². The fraction of sp³-hybridized carbons (Fsp3) is 0.172. The largest absolute Gasteiger partial charge is 0.440 e. The van der Waals surface area contributed by atoms with Crippen molar-refractivity contribution >= 4 is 23.6 Å². The molecule has 2 N–H and O–H groups in total. The van der Waals surface area contributed by atoms with Gasteiger partial charge in [-0.1, -0.05) is 80.9 Å². The van der Waals surface area contributed by atoms with Crippen LogP contribution in [0.5, 0.6) is 11.5 Å². The molecule has 176 valence electrons. The smallest absolute Gasteiger partial charge is 0.336 e. The third kappa shape index (κ3) is 5.24. The fourth-order valence-corrected chi connectivity index (χ4v) is 4.18. The molecule has 0 aromatic heterocycles. The fourth-order valence-electron chi connectivity index (χ4n) is 3.94. The maximum atomic E-state index is 12.4. The van der Waals surface area contributed by atoms with E-state index < -0.39 is 11.9 Å². The Kier molecular flexibility index (Phi) is 6.68. The Balaban J connectivity index is 1.55. The molecule has 0 aliphatic carbocycles. The first kappa shape index (κ1) is 24.1. The Morgan fingerprint density at radius 1 is 1.09 bits per heavy atom. The first-order valence-corrected chi connectivity index (χ1v) is 11.5. The van der Waals surface area contributed by atoms with Gasteiger partial charge in [-0.2, -0.15) is 5.26 Å². The molecule has 3 aromatic carbocycles. The minimum Gasteiger partial charge on any atom is -0.440 e. The average molecular weight is 485 g/mol. The first-order valence-electron chi connectivity index (χ1n) is 11.1. The zero-order chi connectivity index (χ0) is 25.2. The molecule has 0 saturated carbocycles. The average Bonchev–Trinajstić information content (AvgIpc) is 2.82. The van der Waals surface area contributed by atoms with E-state index in [2.05, 4.69) is 39.0 Å². The predicted molar refractivity (Wildman–Crippen MR) is 137 cm³/mol. The van der Waals surface area contributed by atoms with Crippen LogP contribution in [0.4, 0.5) is 0 Å². The molecule has 4 rings (SSSR count). The molecule has 1 aliphatic heterocycles. The third-order valence-electron chi connectivity index (χ3n) is 5.81. The van der Waals surface area contributed by atoms with Crippen molar-refractivity contribution in [2.45, 2.75) is 32.1 Å². The molecule has 0 spiro atoms. The summed E-state index contributed by atoms with van der Waals surface area (Å²) in [7, 11) is 0. The molecule has 0 fully saturated rings. The summed E-state index contributed by atoms with van der Waals surface area (Å²) in [6.45, 7) is 6.45. The van der Waals surface area contributed by atoms with Gasteiger partial charge >= 0.3 is 5.97 Å². The second-order valence-electron chi connectivity index (χ2n) is 9.27. The van der Waals surface area contributed by atoms with Crippen molar-refractivity contribution in [3.05, 3.63) is 112 Å². The van der Waals surface area contributed by atoms with Gasteiger partial charge in [0.25, 0.3) is 0 Å². The lowest BCUT2D eigenvalue weighted by atomic mass is 9.83. The summed E-state index contributed by atoms with van der Waals surface area (Å²) in [5.41, 5.74) is 9.95. The molecular weight excluding hydrogens is 460 g/mol. The number of hydrogen-bond donors (Lipinski definition) is 1. The Morgan fingerprint density at radius 2 is 1.80 bits per heavy atom. The zero-order valence-corrected chi connectivity index (χ0v) is 20.5. The maximum absolute atomic E-state index is 12.4.